The van der Waals surface area contributed by atoms with Crippen LogP contribution in [0, 0.1) is 13.8 Å². The Bertz CT molecular complexity index is 1140. The van der Waals surface area contributed by atoms with Crippen LogP contribution in [-0.4, -0.2) is 40.4 Å². The molecule has 0 aliphatic heterocycles. The van der Waals surface area contributed by atoms with Crippen LogP contribution in [0.25, 0.3) is 0 Å². The summed E-state index contributed by atoms with van der Waals surface area (Å²) in [5.41, 5.74) is 3.52. The van der Waals surface area contributed by atoms with E-state index in [0.29, 0.717) is 11.3 Å². The summed E-state index contributed by atoms with van der Waals surface area (Å²) in [5.74, 6) is 0.685. The van der Waals surface area contributed by atoms with Crippen molar-refractivity contribution in [2.75, 3.05) is 28.4 Å². The average molecular weight is 536 g/mol. The highest BCUT2D eigenvalue weighted by Crippen LogP contribution is 2.27. The second-order valence-electron chi connectivity index (χ2n) is 7.59. The van der Waals surface area contributed by atoms with Gasteiger partial charge in [0, 0.05) is 17.7 Å². The molecule has 7 nitrogen and oxygen atoms in total. The molecule has 1 aromatic heterocycles. The van der Waals surface area contributed by atoms with Crippen LogP contribution in [0.4, 0.5) is 0 Å². The number of nitrogens with zero attached hydrogens (tertiary/aromatic N) is 1. The quantitative estimate of drug-likeness (QED) is 0.259. The van der Waals surface area contributed by atoms with E-state index in [4.69, 9.17) is 25.8 Å². The number of pyridine rings is 1. The predicted octanol–water partition coefficient (Wildman–Crippen LogP) is 1.51. The van der Waals surface area contributed by atoms with Gasteiger partial charge in [-0.15, -0.1) is 11.6 Å². The van der Waals surface area contributed by atoms with Crippen LogP contribution in [0.2, 0.25) is 0 Å². The van der Waals surface area contributed by atoms with Gasteiger partial charge in [0.15, 0.2) is 17.8 Å². The Balaban J connectivity index is 0.000000365. The molecule has 0 radical (unpaired) electrons. The molecule has 9 heteroatoms. The number of aryl methyl sites for hydroxylation is 2. The molecule has 0 aliphatic carbocycles. The lowest BCUT2D eigenvalue weighted by atomic mass is 10.0. The van der Waals surface area contributed by atoms with Crippen molar-refractivity contribution in [3.05, 3.63) is 89.2 Å². The molecule has 0 spiro atoms. The van der Waals surface area contributed by atoms with Crippen LogP contribution in [-0.2, 0) is 19.1 Å². The minimum Gasteiger partial charge on any atom is -1.00 e. The number of rotatable bonds is 7. The first-order valence-corrected chi connectivity index (χ1v) is 11.3. The van der Waals surface area contributed by atoms with E-state index in [-0.39, 0.29) is 18.4 Å². The van der Waals surface area contributed by atoms with Crippen molar-refractivity contribution in [3.63, 3.8) is 0 Å². The van der Waals surface area contributed by atoms with Crippen molar-refractivity contribution >= 4 is 23.5 Å². The summed E-state index contributed by atoms with van der Waals surface area (Å²) in [6.07, 6.45) is 3.68. The number of hydrogen-bond acceptors (Lipinski definition) is 6. The van der Waals surface area contributed by atoms with Gasteiger partial charge in [-0.05, 0) is 42.7 Å². The predicted molar refractivity (Wildman–Crippen MR) is 133 cm³/mol. The Hall–Kier alpha value is -3.29. The second-order valence-corrected chi connectivity index (χ2v) is 8.03. The highest BCUT2D eigenvalue weighted by atomic mass is 35.5. The van der Waals surface area contributed by atoms with Gasteiger partial charge in [-0.2, -0.15) is 4.57 Å². The van der Waals surface area contributed by atoms with Crippen molar-refractivity contribution in [2.45, 2.75) is 25.3 Å². The number of carbonyl (C=O) groups excluding carboxylic acids is 2. The molecular formula is C27H31Cl2NO6. The summed E-state index contributed by atoms with van der Waals surface area (Å²) < 4.78 is 21.8. The third kappa shape index (κ3) is 7.86. The van der Waals surface area contributed by atoms with Crippen molar-refractivity contribution in [2.24, 2.45) is 0 Å². The smallest absolute Gasteiger partial charge is 0.380 e. The van der Waals surface area contributed by atoms with Crippen LogP contribution in [0.5, 0.6) is 11.5 Å². The number of esters is 2. The Kier molecular flexibility index (Phi) is 12.8. The molecule has 0 aliphatic rings. The minimum atomic E-state index is -0.788. The molecule has 0 saturated carbocycles. The van der Waals surface area contributed by atoms with Gasteiger partial charge < -0.3 is 31.4 Å². The molecule has 3 aromatic rings. The van der Waals surface area contributed by atoms with Gasteiger partial charge in [-0.25, -0.2) is 4.79 Å². The largest absolute Gasteiger partial charge is 1.00 e. The summed E-state index contributed by atoms with van der Waals surface area (Å²) in [7, 11) is 5.90. The number of methoxy groups -OCH3 is 4. The third-order valence-corrected chi connectivity index (χ3v) is 5.77. The maximum Gasteiger partial charge on any atom is 0.380 e. The Morgan fingerprint density at radius 3 is 1.69 bits per heavy atom. The Labute approximate surface area is 223 Å². The molecule has 0 N–H and O–H groups in total. The van der Waals surface area contributed by atoms with Crippen LogP contribution in [0.3, 0.4) is 0 Å². The summed E-state index contributed by atoms with van der Waals surface area (Å²) in [4.78, 5) is 23.3. The Morgan fingerprint density at radius 1 is 0.750 bits per heavy atom. The Morgan fingerprint density at radius 2 is 1.22 bits per heavy atom. The molecule has 194 valence electrons. The van der Waals surface area contributed by atoms with Gasteiger partial charge in [-0.3, -0.25) is 4.79 Å². The number of halogens is 2. The lowest BCUT2D eigenvalue weighted by Crippen LogP contribution is -3.00. The van der Waals surface area contributed by atoms with Crippen LogP contribution < -0.4 is 26.4 Å². The molecule has 2 unspecified atom stereocenters. The molecule has 0 amide bonds. The highest BCUT2D eigenvalue weighted by Gasteiger charge is 2.31. The zero-order valence-corrected chi connectivity index (χ0v) is 22.7. The lowest BCUT2D eigenvalue weighted by Gasteiger charge is -2.12. The molecule has 36 heavy (non-hydrogen) atoms. The minimum absolute atomic E-state index is 0. The number of aromatic nitrogens is 1. The van der Waals surface area contributed by atoms with E-state index < -0.39 is 17.4 Å². The second kappa shape index (κ2) is 15.0. The number of alkyl halides is 1. The van der Waals surface area contributed by atoms with E-state index >= 15 is 0 Å². The SMILES string of the molecule is COC(=O)C(Cl)c1ccc(C)c(OC)c1.COC(=O)C(c1ccc(C)c(OC)c1)[n+]1ccccc1.[Cl-]. The number of carbonyl (C=O) groups is 2. The van der Waals surface area contributed by atoms with E-state index in [9.17, 15) is 9.59 Å². The maximum atomic E-state index is 12.1. The normalized spacial score (nSPS) is 11.5. The van der Waals surface area contributed by atoms with E-state index in [0.717, 1.165) is 22.4 Å². The van der Waals surface area contributed by atoms with Crippen molar-refractivity contribution in [1.82, 2.24) is 0 Å². The van der Waals surface area contributed by atoms with E-state index in [1.807, 2.05) is 73.3 Å². The van der Waals surface area contributed by atoms with Crippen molar-refractivity contribution in [3.8, 4) is 11.5 Å². The summed E-state index contributed by atoms with van der Waals surface area (Å²) in [6.45, 7) is 3.88. The topological polar surface area (TPSA) is 74.9 Å². The number of ether oxygens (including phenoxy) is 4. The number of benzene rings is 2. The fourth-order valence-corrected chi connectivity index (χ4v) is 3.59. The highest BCUT2D eigenvalue weighted by molar-refractivity contribution is 6.29. The van der Waals surface area contributed by atoms with Gasteiger partial charge in [0.2, 0.25) is 0 Å². The van der Waals surface area contributed by atoms with Gasteiger partial charge in [0.05, 0.1) is 28.4 Å². The monoisotopic (exact) mass is 535 g/mol. The zero-order chi connectivity index (χ0) is 26.0. The summed E-state index contributed by atoms with van der Waals surface area (Å²) in [5, 5.41) is -0.788. The molecular weight excluding hydrogens is 505 g/mol. The standard InChI is InChI=1S/C16H18NO3.C11H13ClO3.ClH/c1-12-7-8-13(11-14(12)19-2)15(16(18)20-3)17-9-5-4-6-10-17;1-7-4-5-8(6-9(7)14-2)10(12)11(13)15-3;/h4-11,15H,1-3H3;4-6,10H,1-3H3;1H/q+1;;/p-1. The zero-order valence-electron chi connectivity index (χ0n) is 21.2. The van der Waals surface area contributed by atoms with Crippen LogP contribution in [0.15, 0.2) is 67.0 Å². The fourth-order valence-electron chi connectivity index (χ4n) is 3.37. The first-order chi connectivity index (χ1) is 16.8. The first-order valence-electron chi connectivity index (χ1n) is 10.8. The maximum absolute atomic E-state index is 12.1. The van der Waals surface area contributed by atoms with E-state index in [1.165, 1.54) is 14.2 Å². The third-order valence-electron chi connectivity index (χ3n) is 5.34. The van der Waals surface area contributed by atoms with Crippen molar-refractivity contribution < 1.29 is 45.5 Å². The van der Waals surface area contributed by atoms with Crippen molar-refractivity contribution in [1.29, 1.82) is 0 Å². The lowest BCUT2D eigenvalue weighted by molar-refractivity contribution is -0.702. The van der Waals surface area contributed by atoms with Gasteiger partial charge in [0.1, 0.15) is 11.5 Å². The molecule has 2 atom stereocenters. The summed E-state index contributed by atoms with van der Waals surface area (Å²) in [6, 6.07) is 16.2. The first kappa shape index (κ1) is 30.7. The molecule has 0 bridgehead atoms. The van der Waals surface area contributed by atoms with E-state index in [2.05, 4.69) is 4.74 Å². The fraction of sp³-hybridized carbons (Fsp3) is 0.296. The molecule has 0 saturated heterocycles. The average Bonchev–Trinajstić information content (AvgIpc) is 2.90. The molecule has 3 rings (SSSR count). The van der Waals surface area contributed by atoms with E-state index in [1.54, 1.807) is 26.4 Å². The van der Waals surface area contributed by atoms with Gasteiger partial charge >= 0.3 is 11.9 Å². The van der Waals surface area contributed by atoms with Gasteiger partial charge in [0.25, 0.3) is 6.04 Å². The molecule has 0 fully saturated rings. The molecule has 2 aromatic carbocycles. The van der Waals surface area contributed by atoms with Crippen LogP contribution >= 0.6 is 11.6 Å². The summed E-state index contributed by atoms with van der Waals surface area (Å²) >= 11 is 5.91. The van der Waals surface area contributed by atoms with Crippen LogP contribution in [0.1, 0.15) is 33.7 Å². The molecule has 1 heterocycles. The van der Waals surface area contributed by atoms with Gasteiger partial charge in [-0.1, -0.05) is 30.3 Å². The number of hydrogen-bond donors (Lipinski definition) is 0.